The first kappa shape index (κ1) is 91.9. The molecular formula is C76H50F36O8. The number of halogens is 36. The molecule has 0 heterocycles. The third-order valence-electron chi connectivity index (χ3n) is 20.5. The highest BCUT2D eigenvalue weighted by molar-refractivity contribution is 5.66. The van der Waals surface area contributed by atoms with Gasteiger partial charge in [0.05, 0.1) is 21.3 Å². The zero-order valence-corrected chi connectivity index (χ0v) is 60.3. The Morgan fingerprint density at radius 2 is 0.317 bits per heavy atom. The summed E-state index contributed by atoms with van der Waals surface area (Å²) in [7, 11) is 3.70. The van der Waals surface area contributed by atoms with E-state index in [1.54, 1.807) is 24.3 Å². The van der Waals surface area contributed by atoms with Gasteiger partial charge in [0.2, 0.25) is 10.8 Å². The van der Waals surface area contributed by atoms with Gasteiger partial charge in [-0.05, 0) is 162 Å². The number of rotatable bonds is 19. The van der Waals surface area contributed by atoms with Crippen LogP contribution in [0.2, 0.25) is 0 Å². The fourth-order valence-electron chi connectivity index (χ4n) is 13.2. The predicted molar refractivity (Wildman–Crippen MR) is 345 cm³/mol. The van der Waals surface area contributed by atoms with Gasteiger partial charge in [0, 0.05) is 0 Å². The molecule has 0 spiro atoms. The third kappa shape index (κ3) is 12.5. The second kappa shape index (κ2) is 28.6. The third-order valence-corrected chi connectivity index (χ3v) is 20.5. The molecule has 0 radical (unpaired) electrons. The van der Waals surface area contributed by atoms with Gasteiger partial charge in [-0.2, -0.15) is 145 Å². The molecule has 4 saturated carbocycles. The fourth-order valence-corrected chi connectivity index (χ4v) is 13.2. The van der Waals surface area contributed by atoms with E-state index in [4.69, 9.17) is 14.2 Å². The number of hydrogen-bond donors (Lipinski definition) is 0. The van der Waals surface area contributed by atoms with Gasteiger partial charge in [-0.25, -0.2) is 13.2 Å². The van der Waals surface area contributed by atoms with Crippen LogP contribution in [0, 0.1) is 0 Å². The molecule has 12 rings (SSSR count). The first-order chi connectivity index (χ1) is 54.5. The van der Waals surface area contributed by atoms with Crippen molar-refractivity contribution >= 4 is 0 Å². The van der Waals surface area contributed by atoms with Gasteiger partial charge in [-0.3, -0.25) is 0 Å². The standard InChI is InChI=1S/C37H22F18O4.C21H14F12O2.C18H14F6O2/c1-27(38)29(39,40)30(41,42)33(27,47)57-24-11-3-19(4-12-24)20-5-13-25(14-6-20)58-34(48)31(43,44)32(45,46)35(34,49)59-26-17-9-22(10-18-26)28(36(50,51)52,37(53,54)55)21-7-15-23(56-2)16-8-21;1-15(22)17(23,24)18(25,26)19(15,27)35-14-9-5-12(6-10-14)16(20(28,29)30,21(31,32)33)11-3-7-13(34-2)8-4-11;1-15(19)16(20,21)17(22,23)18(15,24)26-14-9-5-12(6-10-14)11-3-7-13(25-2)8-4-11/h3-18H,1-2H3;3-10H,1-2H3;3-10H,1-2H3. The highest BCUT2D eigenvalue weighted by Gasteiger charge is 3.04. The van der Waals surface area contributed by atoms with Crippen LogP contribution in [0.5, 0.6) is 46.0 Å². The summed E-state index contributed by atoms with van der Waals surface area (Å²) in [5.74, 6) is -74.6. The molecule has 120 heavy (non-hydrogen) atoms. The molecule has 8 aromatic rings. The van der Waals surface area contributed by atoms with Gasteiger partial charge in [-0.1, -0.05) is 97.1 Å². The average Bonchev–Trinajstić information content (AvgIpc) is 0.681. The summed E-state index contributed by atoms with van der Waals surface area (Å²) in [6, 6.07) is 24.2. The van der Waals surface area contributed by atoms with Gasteiger partial charge < -0.3 is 37.9 Å². The summed E-state index contributed by atoms with van der Waals surface area (Å²) in [5, 5.41) is 0. The predicted octanol–water partition coefficient (Wildman–Crippen LogP) is 24.5. The molecule has 4 aliphatic carbocycles. The van der Waals surface area contributed by atoms with E-state index in [-0.39, 0.29) is 91.9 Å². The van der Waals surface area contributed by atoms with Crippen LogP contribution in [-0.2, 0) is 10.8 Å². The van der Waals surface area contributed by atoms with Gasteiger partial charge >= 0.3 is 101 Å². The van der Waals surface area contributed by atoms with Crippen LogP contribution in [0.4, 0.5) is 158 Å². The highest BCUT2D eigenvalue weighted by Crippen LogP contribution is 2.73. The van der Waals surface area contributed by atoms with Crippen LogP contribution in [0.15, 0.2) is 194 Å². The lowest BCUT2D eigenvalue weighted by Crippen LogP contribution is -2.89. The molecule has 8 aromatic carbocycles. The summed E-state index contributed by atoms with van der Waals surface area (Å²) in [6.07, 6.45) is -24.3. The van der Waals surface area contributed by atoms with Gasteiger partial charge in [0.25, 0.3) is 17.0 Å². The quantitative estimate of drug-likeness (QED) is 0.0742. The zero-order chi connectivity index (χ0) is 90.5. The molecule has 654 valence electrons. The molecule has 0 bridgehead atoms. The molecule has 0 saturated heterocycles. The summed E-state index contributed by atoms with van der Waals surface area (Å²) in [5.41, 5.74) is -27.1. The molecular weight excluding hydrogens is 1720 g/mol. The lowest BCUT2D eigenvalue weighted by Gasteiger charge is -2.55. The van der Waals surface area contributed by atoms with E-state index in [1.807, 2.05) is 0 Å². The second-order valence-corrected chi connectivity index (χ2v) is 27.4. The Labute approximate surface area is 650 Å². The van der Waals surface area contributed by atoms with Crippen molar-refractivity contribution in [1.29, 1.82) is 0 Å². The Bertz CT molecular complexity index is 4910. The van der Waals surface area contributed by atoms with E-state index in [1.165, 1.54) is 19.2 Å². The molecule has 0 aliphatic heterocycles. The van der Waals surface area contributed by atoms with Crippen molar-refractivity contribution in [2.45, 2.75) is 150 Å². The first-order valence-corrected chi connectivity index (χ1v) is 33.3. The van der Waals surface area contributed by atoms with Crippen LogP contribution in [-0.4, -0.2) is 140 Å². The first-order valence-electron chi connectivity index (χ1n) is 33.3. The molecule has 8 nitrogen and oxygen atoms in total. The zero-order valence-electron chi connectivity index (χ0n) is 60.3. The van der Waals surface area contributed by atoms with Crippen molar-refractivity contribution in [1.82, 2.24) is 0 Å². The number of alkyl halides is 36. The topological polar surface area (TPSA) is 73.8 Å². The maximum Gasteiger partial charge on any atom is 0.411 e. The van der Waals surface area contributed by atoms with E-state index in [0.29, 0.717) is 47.7 Å². The van der Waals surface area contributed by atoms with Crippen molar-refractivity contribution in [2.75, 3.05) is 21.3 Å². The molecule has 4 aliphatic rings. The van der Waals surface area contributed by atoms with Crippen molar-refractivity contribution in [2.24, 2.45) is 0 Å². The number of methoxy groups -OCH3 is 3. The summed E-state index contributed by atoms with van der Waals surface area (Å²) < 4.78 is 545. The second-order valence-electron chi connectivity index (χ2n) is 27.4. The van der Waals surface area contributed by atoms with Gasteiger partial charge in [0.15, 0.2) is 0 Å². The minimum Gasteiger partial charge on any atom is -0.497 e. The Morgan fingerprint density at radius 3 is 0.467 bits per heavy atom. The molecule has 4 fully saturated rings. The lowest BCUT2D eigenvalue weighted by molar-refractivity contribution is -0.527. The molecule has 8 atom stereocenters. The molecule has 8 unspecified atom stereocenters. The maximum atomic E-state index is 15.8. The molecule has 44 heteroatoms. The van der Waals surface area contributed by atoms with Gasteiger partial charge in [0.1, 0.15) is 46.0 Å². The lowest BCUT2D eigenvalue weighted by atomic mass is 9.69. The SMILES string of the molecule is COc1ccc(-c2ccc(OC3(F)C(C)(F)C(F)(F)C3(F)F)cc2)cc1.COc1ccc(C(c2ccc(OC3(F)C(C)(F)C(F)(F)C3(F)F)cc2)(C(F)(F)F)C(F)(F)F)cc1.COc1ccc(C(c2ccc(OC3(F)C(F)(F)C(F)(F)C3(F)Oc3ccc(-c4ccc(OC5(F)C(C)(F)C(F)(F)C5(F)F)cc4)cc3)cc2)(C(F)(F)F)C(F)(F)F)cc1. The Kier molecular flexibility index (Phi) is 21.9. The largest absolute Gasteiger partial charge is 0.497 e. The Morgan fingerprint density at radius 1 is 0.183 bits per heavy atom. The van der Waals surface area contributed by atoms with E-state index >= 15 is 8.78 Å². The molecule has 0 amide bonds. The number of ether oxygens (including phenoxy) is 8. The monoisotopic (exact) mass is 1770 g/mol. The van der Waals surface area contributed by atoms with E-state index in [9.17, 15) is 149 Å². The smallest absolute Gasteiger partial charge is 0.411 e. The fraction of sp³-hybridized carbons (Fsp3) is 0.368. The number of hydrogen-bond acceptors (Lipinski definition) is 8. The van der Waals surface area contributed by atoms with Crippen molar-refractivity contribution < 1.29 is 196 Å². The van der Waals surface area contributed by atoms with Crippen LogP contribution in [0.1, 0.15) is 43.0 Å². The number of benzene rings is 8. The normalized spacial score (nSPS) is 27.7. The summed E-state index contributed by atoms with van der Waals surface area (Å²) in [4.78, 5) is 0. The Balaban J connectivity index is 0.000000209. The van der Waals surface area contributed by atoms with Crippen LogP contribution >= 0.6 is 0 Å². The van der Waals surface area contributed by atoms with Crippen LogP contribution in [0.25, 0.3) is 22.3 Å². The summed E-state index contributed by atoms with van der Waals surface area (Å²) in [6.45, 7) is -0.311. The molecule has 0 N–H and O–H groups in total. The van der Waals surface area contributed by atoms with Crippen molar-refractivity contribution in [3.05, 3.63) is 216 Å². The van der Waals surface area contributed by atoms with Gasteiger partial charge in [-0.15, -0.1) is 0 Å². The van der Waals surface area contributed by atoms with Crippen LogP contribution < -0.4 is 37.9 Å². The molecule has 0 aromatic heterocycles. The van der Waals surface area contributed by atoms with Crippen molar-refractivity contribution in [3.63, 3.8) is 0 Å². The van der Waals surface area contributed by atoms with Crippen LogP contribution in [0.3, 0.4) is 0 Å². The highest BCUT2D eigenvalue weighted by atomic mass is 19.4. The average molecular weight is 1780 g/mol. The van der Waals surface area contributed by atoms with E-state index < -0.39 is 180 Å². The van der Waals surface area contributed by atoms with E-state index in [0.717, 1.165) is 92.6 Å². The minimum atomic E-state index is -6.15. The maximum absolute atomic E-state index is 15.8. The summed E-state index contributed by atoms with van der Waals surface area (Å²) >= 11 is 0. The Hall–Kier alpha value is -10.4. The van der Waals surface area contributed by atoms with Crippen molar-refractivity contribution in [3.8, 4) is 68.2 Å². The minimum absolute atomic E-state index is 0.0136. The van der Waals surface area contributed by atoms with E-state index in [2.05, 4.69) is 23.7 Å².